The minimum absolute atomic E-state index is 0. The van der Waals surface area contributed by atoms with Gasteiger partial charge in [-0.15, -0.1) is 0 Å². The first-order valence-corrected chi connectivity index (χ1v) is 3.41. The maximum absolute atomic E-state index is 8.98. The zero-order valence-corrected chi connectivity index (χ0v) is 8.99. The summed E-state index contributed by atoms with van der Waals surface area (Å²) in [5.74, 6) is 0. The number of hydrogen-bond acceptors (Lipinski definition) is 5. The van der Waals surface area contributed by atoms with E-state index in [1.807, 2.05) is 0 Å². The number of hydrogen-bond donors (Lipinski definition) is 3. The van der Waals surface area contributed by atoms with Crippen LogP contribution in [0.25, 0.3) is 0 Å². The predicted octanol–water partition coefficient (Wildman–Crippen LogP) is -5.02. The molecule has 11 heavy (non-hydrogen) atoms. The van der Waals surface area contributed by atoms with Crippen LogP contribution < -0.4 is 29.6 Å². The van der Waals surface area contributed by atoms with E-state index in [0.717, 1.165) is 0 Å². The van der Waals surface area contributed by atoms with Gasteiger partial charge >= 0.3 is 29.6 Å². The maximum Gasteiger partial charge on any atom is 1.00 e. The first kappa shape index (κ1) is 12.2. The summed E-state index contributed by atoms with van der Waals surface area (Å²) in [6, 6.07) is 0. The van der Waals surface area contributed by atoms with Crippen molar-refractivity contribution in [2.45, 2.75) is 23.7 Å². The van der Waals surface area contributed by atoms with Crippen molar-refractivity contribution in [2.75, 3.05) is 6.61 Å². The van der Waals surface area contributed by atoms with Gasteiger partial charge in [0.15, 0.2) is 0 Å². The Labute approximate surface area is 92.3 Å². The monoisotopic (exact) mass is 188 g/mol. The fourth-order valence-electron chi connectivity index (χ4n) is 0.779. The molecule has 60 valence electrons. The standard InChI is InChI=1S/C5H10O4S.Na/c6-2-1-9-5(10)4(8)3(2)7;/h2-8,10H,1H2;/q;+1/p-1/t2-,3+,4-,5?;/m1./s1. The van der Waals surface area contributed by atoms with E-state index >= 15 is 0 Å². The van der Waals surface area contributed by atoms with E-state index in [2.05, 4.69) is 12.6 Å². The molecule has 4 atom stereocenters. The molecule has 0 amide bonds. The van der Waals surface area contributed by atoms with E-state index in [-0.39, 0.29) is 36.2 Å². The molecular weight excluding hydrogens is 179 g/mol. The van der Waals surface area contributed by atoms with Crippen LogP contribution in [0.15, 0.2) is 0 Å². The Balaban J connectivity index is 0.000001000. The molecule has 0 saturated carbocycles. The summed E-state index contributed by atoms with van der Waals surface area (Å²) in [4.78, 5) is 0. The Kier molecular flexibility index (Phi) is 5.58. The van der Waals surface area contributed by atoms with Crippen molar-refractivity contribution in [3.05, 3.63) is 0 Å². The second-order valence-corrected chi connectivity index (χ2v) is 2.71. The summed E-state index contributed by atoms with van der Waals surface area (Å²) in [5.41, 5.74) is -0.807. The molecule has 4 nitrogen and oxygen atoms in total. The van der Waals surface area contributed by atoms with Crippen LogP contribution in [-0.4, -0.2) is 45.7 Å². The third-order valence-electron chi connectivity index (χ3n) is 1.45. The fourth-order valence-corrected chi connectivity index (χ4v) is 1.02. The molecule has 0 aromatic heterocycles. The number of aliphatic hydroxyl groups is 3. The SMILES string of the molecule is O[C@H]1[C@H](O)COC([S-])[C@@H]1O.[Na+]. The number of aliphatic hydroxyl groups excluding tert-OH is 3. The third-order valence-corrected chi connectivity index (χ3v) is 1.87. The molecule has 1 heterocycles. The molecule has 3 N–H and O–H groups in total. The van der Waals surface area contributed by atoms with E-state index in [1.165, 1.54) is 0 Å². The van der Waals surface area contributed by atoms with Gasteiger partial charge in [-0.25, -0.2) is 0 Å². The van der Waals surface area contributed by atoms with Gasteiger partial charge in [-0.05, 0) is 5.44 Å². The van der Waals surface area contributed by atoms with Gasteiger partial charge < -0.3 is 32.7 Å². The Morgan fingerprint density at radius 3 is 2.18 bits per heavy atom. The van der Waals surface area contributed by atoms with Crippen LogP contribution in [0.1, 0.15) is 0 Å². The Hall–Kier alpha value is 1.19. The van der Waals surface area contributed by atoms with Crippen LogP contribution in [0.5, 0.6) is 0 Å². The second kappa shape index (κ2) is 5.04. The summed E-state index contributed by atoms with van der Waals surface area (Å²) < 4.78 is 4.73. The van der Waals surface area contributed by atoms with Crippen molar-refractivity contribution in [3.8, 4) is 0 Å². The van der Waals surface area contributed by atoms with Gasteiger partial charge in [0.25, 0.3) is 0 Å². The maximum atomic E-state index is 8.98. The van der Waals surface area contributed by atoms with Gasteiger partial charge in [-0.2, -0.15) is 0 Å². The zero-order chi connectivity index (χ0) is 7.72. The first-order valence-electron chi connectivity index (χ1n) is 2.94. The van der Waals surface area contributed by atoms with Gasteiger partial charge in [0.1, 0.15) is 12.2 Å². The van der Waals surface area contributed by atoms with E-state index in [4.69, 9.17) is 20.1 Å². The van der Waals surface area contributed by atoms with E-state index in [1.54, 1.807) is 0 Å². The average Bonchev–Trinajstić information content (AvgIpc) is 1.93. The Morgan fingerprint density at radius 2 is 1.73 bits per heavy atom. The van der Waals surface area contributed by atoms with Gasteiger partial charge in [0.05, 0.1) is 12.7 Å². The van der Waals surface area contributed by atoms with Gasteiger partial charge in [-0.3, -0.25) is 0 Å². The van der Waals surface area contributed by atoms with Crippen molar-refractivity contribution in [2.24, 2.45) is 0 Å². The molecular formula is C5H9NaO4S. The Morgan fingerprint density at radius 1 is 1.18 bits per heavy atom. The van der Waals surface area contributed by atoms with E-state index in [0.29, 0.717) is 0 Å². The molecule has 0 bridgehead atoms. The van der Waals surface area contributed by atoms with Crippen LogP contribution in [0, 0.1) is 0 Å². The molecule has 1 aliphatic heterocycles. The molecule has 0 aliphatic carbocycles. The smallest absolute Gasteiger partial charge is 0.759 e. The van der Waals surface area contributed by atoms with Gasteiger partial charge in [0.2, 0.25) is 0 Å². The molecule has 0 spiro atoms. The molecule has 0 aromatic carbocycles. The summed E-state index contributed by atoms with van der Waals surface area (Å²) >= 11 is 4.60. The van der Waals surface area contributed by atoms with Crippen LogP contribution in [-0.2, 0) is 17.4 Å². The van der Waals surface area contributed by atoms with Gasteiger partial charge in [0, 0.05) is 0 Å². The summed E-state index contributed by atoms with van der Waals surface area (Å²) in [5, 5.41) is 26.8. The van der Waals surface area contributed by atoms with E-state index in [9.17, 15) is 0 Å². The van der Waals surface area contributed by atoms with E-state index < -0.39 is 23.7 Å². The summed E-state index contributed by atoms with van der Waals surface area (Å²) in [7, 11) is 0. The van der Waals surface area contributed by atoms with Crippen molar-refractivity contribution >= 4 is 12.6 Å². The van der Waals surface area contributed by atoms with Crippen molar-refractivity contribution in [1.29, 1.82) is 0 Å². The van der Waals surface area contributed by atoms with Crippen LogP contribution in [0.2, 0.25) is 0 Å². The molecule has 1 unspecified atom stereocenters. The van der Waals surface area contributed by atoms with Gasteiger partial charge in [-0.1, -0.05) is 0 Å². The molecule has 1 aliphatic rings. The first-order chi connectivity index (χ1) is 4.63. The molecule has 1 fully saturated rings. The fraction of sp³-hybridized carbons (Fsp3) is 1.00. The van der Waals surface area contributed by atoms with Crippen LogP contribution in [0.3, 0.4) is 0 Å². The zero-order valence-electron chi connectivity index (χ0n) is 6.17. The van der Waals surface area contributed by atoms with Crippen molar-refractivity contribution in [3.63, 3.8) is 0 Å². The predicted molar refractivity (Wildman–Crippen MR) is 35.1 cm³/mol. The minimum atomic E-state index is -1.17. The second-order valence-electron chi connectivity index (χ2n) is 2.25. The normalized spacial score (nSPS) is 44.7. The Bertz CT molecular complexity index is 111. The molecule has 1 saturated heterocycles. The third kappa shape index (κ3) is 2.86. The number of rotatable bonds is 0. The molecule has 6 heteroatoms. The topological polar surface area (TPSA) is 69.9 Å². The molecule has 0 aromatic rings. The van der Waals surface area contributed by atoms with Crippen LogP contribution >= 0.6 is 0 Å². The largest absolute Gasteiger partial charge is 1.00 e. The quantitative estimate of drug-likeness (QED) is 0.262. The average molecular weight is 188 g/mol. The summed E-state index contributed by atoms with van der Waals surface area (Å²) in [6.07, 6.45) is -3.34. The van der Waals surface area contributed by atoms with Crippen molar-refractivity contribution in [1.82, 2.24) is 0 Å². The molecule has 1 rings (SSSR count). The van der Waals surface area contributed by atoms with Crippen molar-refractivity contribution < 1.29 is 49.6 Å². The summed E-state index contributed by atoms with van der Waals surface area (Å²) in [6.45, 7) is -0.00755. The van der Waals surface area contributed by atoms with Crippen LogP contribution in [0.4, 0.5) is 0 Å². The number of ether oxygens (including phenoxy) is 1. The molecule has 0 radical (unpaired) electrons. The minimum Gasteiger partial charge on any atom is -0.759 e.